The summed E-state index contributed by atoms with van der Waals surface area (Å²) in [6, 6.07) is 0. The summed E-state index contributed by atoms with van der Waals surface area (Å²) in [5.74, 6) is 0.555. The van der Waals surface area contributed by atoms with E-state index in [1.807, 2.05) is 0 Å². The monoisotopic (exact) mass is 460 g/mol. The number of hydrogen-bond donors (Lipinski definition) is 4. The van der Waals surface area contributed by atoms with Crippen LogP contribution < -0.4 is 0 Å². The first kappa shape index (κ1) is 24.3. The van der Waals surface area contributed by atoms with Crippen molar-refractivity contribution in [1.82, 2.24) is 0 Å². The number of aliphatic hydroxyl groups excluding tert-OH is 4. The molecule has 1 spiro atoms. The molecule has 0 amide bonds. The number of hydrogen-bond acceptors (Lipinski definition) is 4. The van der Waals surface area contributed by atoms with Crippen molar-refractivity contribution < 1.29 is 20.4 Å². The van der Waals surface area contributed by atoms with Gasteiger partial charge in [0.1, 0.15) is 0 Å². The van der Waals surface area contributed by atoms with Crippen molar-refractivity contribution >= 4 is 0 Å². The molecular weight excluding hydrogens is 412 g/mol. The quantitative estimate of drug-likeness (QED) is 0.445. The molecule has 4 saturated carbocycles. The molecule has 5 aliphatic rings. The van der Waals surface area contributed by atoms with Gasteiger partial charge in [-0.3, -0.25) is 0 Å². The highest BCUT2D eigenvalue weighted by Crippen LogP contribution is 2.74. The second-order valence-corrected chi connectivity index (χ2v) is 14.5. The molecule has 5 rings (SSSR count). The molecule has 0 aromatic rings. The third-order valence-corrected chi connectivity index (χ3v) is 12.8. The summed E-state index contributed by atoms with van der Waals surface area (Å²) in [5, 5.41) is 43.6. The minimum atomic E-state index is -0.801. The van der Waals surface area contributed by atoms with Crippen LogP contribution >= 0.6 is 0 Å². The molecule has 4 nitrogen and oxygen atoms in total. The molecule has 4 N–H and O–H groups in total. The van der Waals surface area contributed by atoms with Gasteiger partial charge >= 0.3 is 0 Å². The highest BCUT2D eigenvalue weighted by Gasteiger charge is 2.69. The minimum absolute atomic E-state index is 0.0154. The molecule has 4 fully saturated rings. The lowest BCUT2D eigenvalue weighted by Gasteiger charge is -2.70. The largest absolute Gasteiger partial charge is 0.396 e. The molecule has 4 heteroatoms. The van der Waals surface area contributed by atoms with Gasteiger partial charge < -0.3 is 20.4 Å². The average Bonchev–Trinajstić information content (AvgIpc) is 3.09. The van der Waals surface area contributed by atoms with Gasteiger partial charge in [-0.05, 0) is 103 Å². The van der Waals surface area contributed by atoms with E-state index in [4.69, 9.17) is 0 Å². The van der Waals surface area contributed by atoms with E-state index in [0.717, 1.165) is 51.4 Å². The molecule has 0 bridgehead atoms. The molecular formula is C29H48O4. The topological polar surface area (TPSA) is 80.9 Å². The number of aliphatic hydroxyl groups is 4. The van der Waals surface area contributed by atoms with Crippen molar-refractivity contribution in [2.75, 3.05) is 13.2 Å². The van der Waals surface area contributed by atoms with E-state index in [-0.39, 0.29) is 46.9 Å². The number of rotatable bonds is 2. The van der Waals surface area contributed by atoms with Crippen LogP contribution in [-0.4, -0.2) is 45.8 Å². The molecule has 0 radical (unpaired) electrons. The maximum absolute atomic E-state index is 11.9. The van der Waals surface area contributed by atoms with Crippen molar-refractivity contribution in [1.29, 1.82) is 0 Å². The van der Waals surface area contributed by atoms with Crippen molar-refractivity contribution in [2.24, 2.45) is 44.3 Å². The summed E-state index contributed by atoms with van der Waals surface area (Å²) in [4.78, 5) is 0. The Hall–Kier alpha value is -0.420. The predicted molar refractivity (Wildman–Crippen MR) is 130 cm³/mol. The zero-order valence-electron chi connectivity index (χ0n) is 21.7. The van der Waals surface area contributed by atoms with Crippen LogP contribution in [0.2, 0.25) is 0 Å². The van der Waals surface area contributed by atoms with E-state index in [2.05, 4.69) is 40.7 Å². The molecule has 33 heavy (non-hydrogen) atoms. The van der Waals surface area contributed by atoms with Crippen LogP contribution in [0.4, 0.5) is 0 Å². The summed E-state index contributed by atoms with van der Waals surface area (Å²) in [5.41, 5.74) is 0.929. The van der Waals surface area contributed by atoms with Gasteiger partial charge in [-0.15, -0.1) is 0 Å². The third kappa shape index (κ3) is 2.90. The standard InChI is InChI=1S/C29H48O4/c1-24(2)12-14-28(16-24)15-13-26(4)19(23(28)33)6-7-20-25(3)10-9-22(32)29(17-30,18-31)21(25)8-11-27(20,26)5/h6,20-23,30-33H,7-18H2,1-5H3. The molecule has 188 valence electrons. The molecule has 8 atom stereocenters. The van der Waals surface area contributed by atoms with Gasteiger partial charge in [0.25, 0.3) is 0 Å². The van der Waals surface area contributed by atoms with Crippen LogP contribution in [0, 0.1) is 44.3 Å². The first-order valence-corrected chi connectivity index (χ1v) is 13.6. The van der Waals surface area contributed by atoms with Gasteiger partial charge in [-0.2, -0.15) is 0 Å². The fourth-order valence-corrected chi connectivity index (χ4v) is 10.6. The lowest BCUT2D eigenvalue weighted by Crippen LogP contribution is -2.66. The second kappa shape index (κ2) is 7.31. The zero-order chi connectivity index (χ0) is 24.1. The Kier molecular flexibility index (Phi) is 5.38. The van der Waals surface area contributed by atoms with Crippen molar-refractivity contribution in [3.05, 3.63) is 11.6 Å². The van der Waals surface area contributed by atoms with Crippen LogP contribution in [0.5, 0.6) is 0 Å². The van der Waals surface area contributed by atoms with E-state index < -0.39 is 11.5 Å². The zero-order valence-corrected chi connectivity index (χ0v) is 21.7. The van der Waals surface area contributed by atoms with Gasteiger partial charge in [0.2, 0.25) is 0 Å². The van der Waals surface area contributed by atoms with Crippen molar-refractivity contribution in [3.8, 4) is 0 Å². The van der Waals surface area contributed by atoms with Gasteiger partial charge in [0, 0.05) is 10.8 Å². The van der Waals surface area contributed by atoms with Crippen LogP contribution in [0.25, 0.3) is 0 Å². The minimum Gasteiger partial charge on any atom is -0.396 e. The summed E-state index contributed by atoms with van der Waals surface area (Å²) < 4.78 is 0. The maximum Gasteiger partial charge on any atom is 0.0812 e. The lowest BCUT2D eigenvalue weighted by molar-refractivity contribution is -0.229. The summed E-state index contributed by atoms with van der Waals surface area (Å²) in [6.07, 6.45) is 11.7. The Morgan fingerprint density at radius 1 is 0.818 bits per heavy atom. The molecule has 0 aromatic heterocycles. The fraction of sp³-hybridized carbons (Fsp3) is 0.931. The molecule has 0 saturated heterocycles. The molecule has 8 unspecified atom stereocenters. The Balaban J connectivity index is 1.54. The van der Waals surface area contributed by atoms with Gasteiger partial charge in [-0.25, -0.2) is 0 Å². The fourth-order valence-electron chi connectivity index (χ4n) is 10.6. The summed E-state index contributed by atoms with van der Waals surface area (Å²) in [6.45, 7) is 11.7. The second-order valence-electron chi connectivity index (χ2n) is 14.5. The SMILES string of the molecule is CC1(C)CCC2(CCC3(C)C(=CCC4C5(C)CCC(O)C(CO)(CO)C5CCC43C)C2O)C1. The van der Waals surface area contributed by atoms with Crippen LogP contribution in [0.15, 0.2) is 11.6 Å². The number of fused-ring (bicyclic) bond motifs is 5. The van der Waals surface area contributed by atoms with E-state index in [1.54, 1.807) is 0 Å². The van der Waals surface area contributed by atoms with Gasteiger partial charge in [0.05, 0.1) is 25.4 Å². The van der Waals surface area contributed by atoms with Crippen molar-refractivity contribution in [2.45, 2.75) is 111 Å². The Morgan fingerprint density at radius 3 is 2.09 bits per heavy atom. The molecule has 5 aliphatic carbocycles. The van der Waals surface area contributed by atoms with Crippen LogP contribution in [0.1, 0.15) is 98.8 Å². The number of allylic oxidation sites excluding steroid dienone is 1. The molecule has 0 aliphatic heterocycles. The summed E-state index contributed by atoms with van der Waals surface area (Å²) >= 11 is 0. The van der Waals surface area contributed by atoms with E-state index in [0.29, 0.717) is 17.8 Å². The van der Waals surface area contributed by atoms with Gasteiger partial charge in [0.15, 0.2) is 0 Å². The first-order chi connectivity index (χ1) is 15.3. The molecule has 0 heterocycles. The normalized spacial score (nSPS) is 52.6. The van der Waals surface area contributed by atoms with Gasteiger partial charge in [-0.1, -0.05) is 40.7 Å². The van der Waals surface area contributed by atoms with E-state index in [1.165, 1.54) is 12.0 Å². The smallest absolute Gasteiger partial charge is 0.0812 e. The predicted octanol–water partition coefficient (Wildman–Crippen LogP) is 4.84. The Bertz CT molecular complexity index is 829. The maximum atomic E-state index is 11.9. The highest BCUT2D eigenvalue weighted by atomic mass is 16.3. The Labute approximate surface area is 200 Å². The van der Waals surface area contributed by atoms with Crippen molar-refractivity contribution in [3.63, 3.8) is 0 Å². The third-order valence-electron chi connectivity index (χ3n) is 12.8. The Morgan fingerprint density at radius 2 is 1.48 bits per heavy atom. The average molecular weight is 461 g/mol. The van der Waals surface area contributed by atoms with Crippen LogP contribution in [0.3, 0.4) is 0 Å². The van der Waals surface area contributed by atoms with E-state index >= 15 is 0 Å². The van der Waals surface area contributed by atoms with Crippen LogP contribution in [-0.2, 0) is 0 Å². The highest BCUT2D eigenvalue weighted by molar-refractivity contribution is 5.34. The molecule has 0 aromatic carbocycles. The van der Waals surface area contributed by atoms with E-state index in [9.17, 15) is 20.4 Å². The summed E-state index contributed by atoms with van der Waals surface area (Å²) in [7, 11) is 0. The lowest BCUT2D eigenvalue weighted by atomic mass is 9.34. The first-order valence-electron chi connectivity index (χ1n) is 13.6.